The summed E-state index contributed by atoms with van der Waals surface area (Å²) in [6, 6.07) is 21.1. The second-order valence-electron chi connectivity index (χ2n) is 8.95. The van der Waals surface area contributed by atoms with E-state index in [4.69, 9.17) is 0 Å². The van der Waals surface area contributed by atoms with Crippen LogP contribution in [0.5, 0.6) is 0 Å². The Kier molecular flexibility index (Phi) is 7.79. The molecule has 4 rings (SSSR count). The zero-order valence-electron chi connectivity index (χ0n) is 19.8. The molecule has 33 heavy (non-hydrogen) atoms. The highest BCUT2D eigenvalue weighted by Gasteiger charge is 2.19. The van der Waals surface area contributed by atoms with Crippen LogP contribution in [0.15, 0.2) is 60.7 Å². The molecule has 6 nitrogen and oxygen atoms in total. The minimum atomic E-state index is 0.0546. The van der Waals surface area contributed by atoms with Crippen LogP contribution in [-0.2, 0) is 17.8 Å². The van der Waals surface area contributed by atoms with Crippen LogP contribution in [0, 0.1) is 13.8 Å². The highest BCUT2D eigenvalue weighted by Crippen LogP contribution is 2.22. The van der Waals surface area contributed by atoms with E-state index in [2.05, 4.69) is 62.6 Å². The van der Waals surface area contributed by atoms with Crippen LogP contribution in [0.3, 0.4) is 0 Å². The van der Waals surface area contributed by atoms with Gasteiger partial charge < -0.3 is 15.5 Å². The summed E-state index contributed by atoms with van der Waals surface area (Å²) in [6.07, 6.45) is 3.52. The van der Waals surface area contributed by atoms with Gasteiger partial charge in [-0.3, -0.25) is 9.48 Å². The normalized spacial score (nSPS) is 14.4. The van der Waals surface area contributed by atoms with Gasteiger partial charge in [-0.25, -0.2) is 0 Å². The zero-order valence-corrected chi connectivity index (χ0v) is 19.8. The molecule has 1 amide bonds. The van der Waals surface area contributed by atoms with Crippen molar-refractivity contribution in [2.75, 3.05) is 29.9 Å². The molecule has 2 heterocycles. The van der Waals surface area contributed by atoms with E-state index in [1.165, 1.54) is 16.9 Å². The predicted octanol–water partition coefficient (Wildman–Crippen LogP) is 4.33. The van der Waals surface area contributed by atoms with Crippen LogP contribution >= 0.6 is 0 Å². The zero-order chi connectivity index (χ0) is 23.0. The van der Waals surface area contributed by atoms with Gasteiger partial charge >= 0.3 is 0 Å². The molecule has 174 valence electrons. The van der Waals surface area contributed by atoms with Crippen molar-refractivity contribution in [2.24, 2.45) is 0 Å². The van der Waals surface area contributed by atoms with Gasteiger partial charge in [-0.1, -0.05) is 30.3 Å². The van der Waals surface area contributed by atoms with Crippen molar-refractivity contribution in [2.45, 2.75) is 52.1 Å². The first kappa shape index (κ1) is 23.1. The molecule has 0 spiro atoms. The van der Waals surface area contributed by atoms with E-state index in [-0.39, 0.29) is 5.91 Å². The van der Waals surface area contributed by atoms with E-state index >= 15 is 0 Å². The second kappa shape index (κ2) is 11.1. The standard InChI is InChI=1S/C27H35N5O/c1-21-20-22(2)32(30-21)19-16-28-24-14-17-31(18-15-24)26-11-9-25(10-12-26)29-27(33)13-8-23-6-4-3-5-7-23/h3-7,9-12,20,24,28H,8,13-19H2,1-2H3,(H,29,33). The number of carbonyl (C=O) groups is 1. The SMILES string of the molecule is Cc1cc(C)n(CCNC2CCN(c3ccc(NC(=O)CCc4ccccc4)cc3)CC2)n1. The first-order valence-electron chi connectivity index (χ1n) is 12.0. The Morgan fingerprint density at radius 2 is 1.76 bits per heavy atom. The molecule has 0 saturated carbocycles. The summed E-state index contributed by atoms with van der Waals surface area (Å²) in [5.41, 5.74) is 5.57. The van der Waals surface area contributed by atoms with Gasteiger partial charge in [-0.15, -0.1) is 0 Å². The number of aryl methyl sites for hydroxylation is 3. The largest absolute Gasteiger partial charge is 0.371 e. The van der Waals surface area contributed by atoms with E-state index in [0.29, 0.717) is 12.5 Å². The van der Waals surface area contributed by atoms with Crippen LogP contribution in [-0.4, -0.2) is 41.4 Å². The Morgan fingerprint density at radius 1 is 1.03 bits per heavy atom. The number of rotatable bonds is 9. The minimum absolute atomic E-state index is 0.0546. The molecule has 0 unspecified atom stereocenters. The molecule has 6 heteroatoms. The molecule has 0 radical (unpaired) electrons. The average Bonchev–Trinajstić information content (AvgIpc) is 3.16. The number of piperidine rings is 1. The van der Waals surface area contributed by atoms with Gasteiger partial charge in [0.05, 0.1) is 12.2 Å². The van der Waals surface area contributed by atoms with Gasteiger partial charge in [-0.2, -0.15) is 5.10 Å². The quantitative estimate of drug-likeness (QED) is 0.515. The van der Waals surface area contributed by atoms with Crippen LogP contribution in [0.25, 0.3) is 0 Å². The lowest BCUT2D eigenvalue weighted by molar-refractivity contribution is -0.116. The smallest absolute Gasteiger partial charge is 0.224 e. The number of amides is 1. The lowest BCUT2D eigenvalue weighted by Crippen LogP contribution is -2.43. The summed E-state index contributed by atoms with van der Waals surface area (Å²) < 4.78 is 2.08. The van der Waals surface area contributed by atoms with E-state index in [1.54, 1.807) is 0 Å². The first-order chi connectivity index (χ1) is 16.1. The summed E-state index contributed by atoms with van der Waals surface area (Å²) in [7, 11) is 0. The maximum Gasteiger partial charge on any atom is 0.224 e. The number of hydrogen-bond acceptors (Lipinski definition) is 4. The molecule has 0 aliphatic carbocycles. The molecule has 1 aromatic heterocycles. The summed E-state index contributed by atoms with van der Waals surface area (Å²) in [5, 5.41) is 11.3. The third kappa shape index (κ3) is 6.68. The van der Waals surface area contributed by atoms with E-state index < -0.39 is 0 Å². The maximum atomic E-state index is 12.3. The molecule has 1 saturated heterocycles. The highest BCUT2D eigenvalue weighted by molar-refractivity contribution is 5.91. The molecule has 1 aliphatic rings. The van der Waals surface area contributed by atoms with Gasteiger partial charge in [0.1, 0.15) is 0 Å². The number of anilines is 2. The fourth-order valence-electron chi connectivity index (χ4n) is 4.50. The van der Waals surface area contributed by atoms with Crippen molar-refractivity contribution in [1.82, 2.24) is 15.1 Å². The van der Waals surface area contributed by atoms with Crippen LogP contribution in [0.4, 0.5) is 11.4 Å². The molecule has 1 aliphatic heterocycles. The Hall–Kier alpha value is -3.12. The van der Waals surface area contributed by atoms with Crippen molar-refractivity contribution in [3.63, 3.8) is 0 Å². The molecular weight excluding hydrogens is 410 g/mol. The van der Waals surface area contributed by atoms with Crippen LogP contribution < -0.4 is 15.5 Å². The van der Waals surface area contributed by atoms with Crippen LogP contribution in [0.1, 0.15) is 36.2 Å². The van der Waals surface area contributed by atoms with Gasteiger partial charge in [0.15, 0.2) is 0 Å². The van der Waals surface area contributed by atoms with Gasteiger partial charge in [0.25, 0.3) is 0 Å². The number of carbonyl (C=O) groups excluding carboxylic acids is 1. The van der Waals surface area contributed by atoms with Crippen molar-refractivity contribution < 1.29 is 4.79 Å². The number of hydrogen-bond donors (Lipinski definition) is 2. The highest BCUT2D eigenvalue weighted by atomic mass is 16.1. The van der Waals surface area contributed by atoms with Crippen molar-refractivity contribution in [3.05, 3.63) is 77.6 Å². The molecule has 2 aromatic carbocycles. The summed E-state index contributed by atoms with van der Waals surface area (Å²) in [4.78, 5) is 14.7. The number of nitrogens with one attached hydrogen (secondary N) is 2. The number of nitrogens with zero attached hydrogens (tertiary/aromatic N) is 3. The van der Waals surface area contributed by atoms with Crippen molar-refractivity contribution in [1.29, 1.82) is 0 Å². The molecule has 1 fully saturated rings. The van der Waals surface area contributed by atoms with Crippen molar-refractivity contribution >= 4 is 17.3 Å². The maximum absolute atomic E-state index is 12.3. The van der Waals surface area contributed by atoms with E-state index in [0.717, 1.165) is 56.8 Å². The lowest BCUT2D eigenvalue weighted by atomic mass is 10.0. The third-order valence-electron chi connectivity index (χ3n) is 6.35. The molecule has 0 atom stereocenters. The van der Waals surface area contributed by atoms with E-state index in [1.807, 2.05) is 37.3 Å². The Labute approximate surface area is 197 Å². The number of benzene rings is 2. The third-order valence-corrected chi connectivity index (χ3v) is 6.35. The van der Waals surface area contributed by atoms with Crippen molar-refractivity contribution in [3.8, 4) is 0 Å². The molecular formula is C27H35N5O. The Balaban J connectivity index is 1.17. The monoisotopic (exact) mass is 445 g/mol. The second-order valence-corrected chi connectivity index (χ2v) is 8.95. The first-order valence-corrected chi connectivity index (χ1v) is 12.0. The van der Waals surface area contributed by atoms with E-state index in [9.17, 15) is 4.79 Å². The predicted molar refractivity (Wildman–Crippen MR) is 135 cm³/mol. The summed E-state index contributed by atoms with van der Waals surface area (Å²) in [6.45, 7) is 8.10. The lowest BCUT2D eigenvalue weighted by Gasteiger charge is -2.34. The Morgan fingerprint density at radius 3 is 2.42 bits per heavy atom. The topological polar surface area (TPSA) is 62.2 Å². The Bertz CT molecular complexity index is 1020. The summed E-state index contributed by atoms with van der Waals surface area (Å²) >= 11 is 0. The fourth-order valence-corrected chi connectivity index (χ4v) is 4.50. The van der Waals surface area contributed by atoms with Gasteiger partial charge in [0, 0.05) is 49.2 Å². The average molecular weight is 446 g/mol. The van der Waals surface area contributed by atoms with Gasteiger partial charge in [0.2, 0.25) is 5.91 Å². The van der Waals surface area contributed by atoms with Crippen LogP contribution in [0.2, 0.25) is 0 Å². The molecule has 2 N–H and O–H groups in total. The van der Waals surface area contributed by atoms with Gasteiger partial charge in [-0.05, 0) is 69.0 Å². The number of aromatic nitrogens is 2. The summed E-state index contributed by atoms with van der Waals surface area (Å²) in [5.74, 6) is 0.0546. The minimum Gasteiger partial charge on any atom is -0.371 e. The molecule has 3 aromatic rings. The fraction of sp³-hybridized carbons (Fsp3) is 0.407. The molecule has 0 bridgehead atoms.